The first kappa shape index (κ1) is 34.4. The minimum absolute atomic E-state index is 0.194. The zero-order valence-electron chi connectivity index (χ0n) is 28.5. The highest BCUT2D eigenvalue weighted by Crippen LogP contribution is 2.31. The van der Waals surface area contributed by atoms with E-state index in [1.807, 2.05) is 28.8 Å². The van der Waals surface area contributed by atoms with Gasteiger partial charge in [0.2, 0.25) is 5.69 Å². The molecular formula is C38H36F3N8O4+. The van der Waals surface area contributed by atoms with Gasteiger partial charge in [0.25, 0.3) is 5.88 Å². The van der Waals surface area contributed by atoms with Crippen LogP contribution in [0, 0.1) is 17.2 Å². The first-order valence-electron chi connectivity index (χ1n) is 17.6. The van der Waals surface area contributed by atoms with Gasteiger partial charge < -0.3 is 24.6 Å². The van der Waals surface area contributed by atoms with Gasteiger partial charge in [0, 0.05) is 48.6 Å². The highest BCUT2D eigenvalue weighted by atomic mass is 19.4. The number of aromatic nitrogens is 6. The van der Waals surface area contributed by atoms with Crippen molar-refractivity contribution in [3.63, 3.8) is 0 Å². The number of imidazole rings is 2. The van der Waals surface area contributed by atoms with Crippen LogP contribution in [0.15, 0.2) is 79.1 Å². The van der Waals surface area contributed by atoms with E-state index in [1.54, 1.807) is 45.7 Å². The minimum atomic E-state index is -4.86. The van der Waals surface area contributed by atoms with Crippen molar-refractivity contribution in [1.29, 1.82) is 5.26 Å². The lowest BCUT2D eigenvalue weighted by Crippen LogP contribution is -2.29. The van der Waals surface area contributed by atoms with Crippen molar-refractivity contribution in [2.75, 3.05) is 25.1 Å². The molecule has 0 atom stereocenters. The lowest BCUT2D eigenvalue weighted by molar-refractivity contribution is -0.566. The number of rotatable bonds is 9. The Morgan fingerprint density at radius 2 is 1.75 bits per heavy atom. The molecule has 2 fully saturated rings. The molecule has 0 unspecified atom stereocenters. The van der Waals surface area contributed by atoms with E-state index in [1.165, 1.54) is 18.2 Å². The summed E-state index contributed by atoms with van der Waals surface area (Å²) in [5.74, 6) is 0.978. The molecule has 2 aliphatic rings. The second kappa shape index (κ2) is 14.4. The maximum Gasteiger partial charge on any atom is 0.573 e. The molecule has 1 saturated heterocycles. The third kappa shape index (κ3) is 7.60. The van der Waals surface area contributed by atoms with Gasteiger partial charge in [0.05, 0.1) is 36.2 Å². The van der Waals surface area contributed by atoms with Crippen LogP contribution < -0.4 is 19.4 Å². The number of halogens is 3. The van der Waals surface area contributed by atoms with Crippen LogP contribution >= 0.6 is 0 Å². The standard InChI is InChI=1S/C38H36F3N8O4/c39-38(40,41)53-31-3-1-2-26(19-31)33-22-47(37-11-10-36(46-49(33)37)52-23-24-12-14-51-15-13-24)29-17-25(20-42)16-27(18-29)32-21-43-35-9-8-34(45-48(32)35)44-28-4-6-30(50)7-5-28/h1-3,8-11,16-19,21-22,24,28,30,50H,4-7,12-15,23H2,(H,44,45)/q+1. The van der Waals surface area contributed by atoms with Crippen LogP contribution in [0.1, 0.15) is 44.1 Å². The Morgan fingerprint density at radius 3 is 2.55 bits per heavy atom. The molecule has 15 heteroatoms. The van der Waals surface area contributed by atoms with Gasteiger partial charge in [-0.1, -0.05) is 16.6 Å². The molecule has 8 rings (SSSR count). The van der Waals surface area contributed by atoms with Crippen molar-refractivity contribution in [3.05, 3.63) is 84.7 Å². The van der Waals surface area contributed by atoms with Crippen LogP contribution in [0.3, 0.4) is 0 Å². The summed E-state index contributed by atoms with van der Waals surface area (Å²) in [6.07, 6.45) is 3.25. The van der Waals surface area contributed by atoms with E-state index in [-0.39, 0.29) is 17.9 Å². The molecule has 0 radical (unpaired) electrons. The molecule has 1 aliphatic carbocycles. The molecule has 6 aromatic rings. The summed E-state index contributed by atoms with van der Waals surface area (Å²) >= 11 is 0. The largest absolute Gasteiger partial charge is 0.573 e. The average Bonchev–Trinajstić information content (AvgIpc) is 3.76. The number of benzene rings is 2. The molecule has 53 heavy (non-hydrogen) atoms. The van der Waals surface area contributed by atoms with Crippen molar-refractivity contribution in [2.24, 2.45) is 5.92 Å². The maximum atomic E-state index is 13.2. The number of anilines is 1. The van der Waals surface area contributed by atoms with Gasteiger partial charge in [0.15, 0.2) is 5.65 Å². The fourth-order valence-electron chi connectivity index (χ4n) is 6.99. The summed E-state index contributed by atoms with van der Waals surface area (Å²) in [6.45, 7) is 1.81. The smallest absolute Gasteiger partial charge is 0.475 e. The van der Waals surface area contributed by atoms with Gasteiger partial charge in [-0.15, -0.1) is 18.3 Å². The number of nitriles is 1. The fraction of sp³-hybridized carbons (Fsp3) is 0.342. The van der Waals surface area contributed by atoms with E-state index in [0.29, 0.717) is 82.5 Å². The van der Waals surface area contributed by atoms with Gasteiger partial charge in [-0.3, -0.25) is 0 Å². The molecule has 5 heterocycles. The van der Waals surface area contributed by atoms with E-state index in [4.69, 9.17) is 19.7 Å². The Hall–Kier alpha value is -5.72. The van der Waals surface area contributed by atoms with Crippen LogP contribution in [0.25, 0.3) is 39.5 Å². The third-order valence-electron chi connectivity index (χ3n) is 9.72. The molecule has 0 bridgehead atoms. The quantitative estimate of drug-likeness (QED) is 0.165. The number of alkyl halides is 3. The predicted molar refractivity (Wildman–Crippen MR) is 186 cm³/mol. The molecule has 4 aromatic heterocycles. The number of fused-ring (bicyclic) bond motifs is 2. The fourth-order valence-corrected chi connectivity index (χ4v) is 6.99. The first-order valence-corrected chi connectivity index (χ1v) is 17.6. The minimum Gasteiger partial charge on any atom is -0.475 e. The number of hydrogen-bond acceptors (Lipinski definition) is 9. The lowest BCUT2D eigenvalue weighted by atomic mass is 9.93. The number of aliphatic hydroxyl groups excluding tert-OH is 1. The second-order valence-electron chi connectivity index (χ2n) is 13.4. The predicted octanol–water partition coefficient (Wildman–Crippen LogP) is 6.28. The van der Waals surface area contributed by atoms with Gasteiger partial charge in [-0.05, 0) is 85.9 Å². The topological polar surface area (TPSA) is 135 Å². The molecule has 1 aliphatic heterocycles. The third-order valence-corrected chi connectivity index (χ3v) is 9.72. The van der Waals surface area contributed by atoms with Crippen molar-refractivity contribution in [2.45, 2.75) is 57.0 Å². The van der Waals surface area contributed by atoms with E-state index in [2.05, 4.69) is 21.1 Å². The van der Waals surface area contributed by atoms with Crippen molar-refractivity contribution in [3.8, 4) is 45.9 Å². The van der Waals surface area contributed by atoms with Crippen molar-refractivity contribution in [1.82, 2.24) is 24.2 Å². The van der Waals surface area contributed by atoms with Crippen LogP contribution in [0.5, 0.6) is 11.6 Å². The van der Waals surface area contributed by atoms with E-state index < -0.39 is 6.36 Å². The Kier molecular flexibility index (Phi) is 9.31. The van der Waals surface area contributed by atoms with Crippen LogP contribution in [-0.2, 0) is 4.74 Å². The monoisotopic (exact) mass is 725 g/mol. The van der Waals surface area contributed by atoms with Crippen molar-refractivity contribution >= 4 is 17.1 Å². The SMILES string of the molecule is N#Cc1cc(-c2cnc3ccc(NC4CCC(O)CC4)nn23)cc(-[n+]2cc(-c3cccc(OC(F)(F)F)c3)n3nc(OCC4CCOCC4)ccc32)c1. The zero-order chi connectivity index (χ0) is 36.5. The highest BCUT2D eigenvalue weighted by molar-refractivity contribution is 5.68. The van der Waals surface area contributed by atoms with Crippen molar-refractivity contribution < 1.29 is 37.1 Å². The molecule has 0 spiro atoms. The van der Waals surface area contributed by atoms with Crippen LogP contribution in [0.2, 0.25) is 0 Å². The Bertz CT molecular complexity index is 2300. The van der Waals surface area contributed by atoms with E-state index in [0.717, 1.165) is 38.5 Å². The molecular weight excluding hydrogens is 689 g/mol. The Labute approximate surface area is 302 Å². The van der Waals surface area contributed by atoms with Crippen LogP contribution in [-0.4, -0.2) is 67.6 Å². The number of ether oxygens (including phenoxy) is 3. The number of nitrogens with zero attached hydrogens (tertiary/aromatic N) is 7. The molecule has 2 N–H and O–H groups in total. The summed E-state index contributed by atoms with van der Waals surface area (Å²) in [6, 6.07) is 20.9. The summed E-state index contributed by atoms with van der Waals surface area (Å²) in [5, 5.41) is 33.2. The number of aliphatic hydroxyl groups is 1. The normalized spacial score (nSPS) is 18.2. The second-order valence-corrected chi connectivity index (χ2v) is 13.4. The number of nitrogens with one attached hydrogen (secondary N) is 1. The van der Waals surface area contributed by atoms with E-state index >= 15 is 0 Å². The molecule has 272 valence electrons. The van der Waals surface area contributed by atoms with Gasteiger partial charge in [-0.2, -0.15) is 9.83 Å². The highest BCUT2D eigenvalue weighted by Gasteiger charge is 2.32. The number of hydrogen-bond donors (Lipinski definition) is 2. The molecule has 0 amide bonds. The Balaban J connectivity index is 1.19. The molecule has 1 saturated carbocycles. The van der Waals surface area contributed by atoms with Crippen LogP contribution in [0.4, 0.5) is 19.0 Å². The summed E-state index contributed by atoms with van der Waals surface area (Å²) < 4.78 is 60.6. The molecule has 12 nitrogen and oxygen atoms in total. The zero-order valence-corrected chi connectivity index (χ0v) is 28.5. The van der Waals surface area contributed by atoms with Gasteiger partial charge in [0.1, 0.15) is 23.5 Å². The lowest BCUT2D eigenvalue weighted by Gasteiger charge is -2.26. The first-order chi connectivity index (χ1) is 25.7. The van der Waals surface area contributed by atoms with Gasteiger partial charge >= 0.3 is 12.0 Å². The summed E-state index contributed by atoms with van der Waals surface area (Å²) in [5.41, 5.74) is 4.40. The molecule has 2 aromatic carbocycles. The average molecular weight is 726 g/mol. The van der Waals surface area contributed by atoms with Gasteiger partial charge in [-0.25, -0.2) is 9.50 Å². The summed E-state index contributed by atoms with van der Waals surface area (Å²) in [4.78, 5) is 4.56. The Morgan fingerprint density at radius 1 is 0.925 bits per heavy atom. The maximum absolute atomic E-state index is 13.2. The summed E-state index contributed by atoms with van der Waals surface area (Å²) in [7, 11) is 0. The van der Waals surface area contributed by atoms with E-state index in [9.17, 15) is 23.5 Å².